The van der Waals surface area contributed by atoms with Gasteiger partial charge in [-0.25, -0.2) is 4.98 Å². The Hall–Kier alpha value is -2.13. The Balaban J connectivity index is 2.34. The summed E-state index contributed by atoms with van der Waals surface area (Å²) < 4.78 is 1.65. The lowest BCUT2D eigenvalue weighted by molar-refractivity contribution is 0.894. The fourth-order valence-electron chi connectivity index (χ4n) is 2.38. The van der Waals surface area contributed by atoms with Crippen molar-refractivity contribution in [2.45, 2.75) is 13.8 Å². The molecule has 0 saturated carbocycles. The molecule has 0 saturated heterocycles. The highest BCUT2D eigenvalue weighted by Gasteiger charge is 2.11. The fraction of sp³-hybridized carbons (Fsp3) is 0.176. The Morgan fingerprint density at radius 2 is 1.67 bits per heavy atom. The second-order valence-electron chi connectivity index (χ2n) is 5.26. The number of nitrogens with zero attached hydrogens (tertiary/aromatic N) is 2. The Morgan fingerprint density at radius 1 is 1.05 bits per heavy atom. The van der Waals surface area contributed by atoms with Gasteiger partial charge in [-0.15, -0.1) is 0 Å². The fourth-order valence-corrected chi connectivity index (χ4v) is 2.50. The Labute approximate surface area is 127 Å². The Morgan fingerprint density at radius 3 is 2.33 bits per heavy atom. The monoisotopic (exact) mass is 298 g/mol. The third-order valence-corrected chi connectivity index (χ3v) is 4.06. The maximum Gasteiger partial charge on any atom is 0.277 e. The molecule has 4 heteroatoms. The van der Waals surface area contributed by atoms with Crippen molar-refractivity contribution in [2.24, 2.45) is 7.05 Å². The largest absolute Gasteiger partial charge is 0.308 e. The molecule has 0 aliphatic carbocycles. The topological polar surface area (TPSA) is 34.9 Å². The van der Waals surface area contributed by atoms with Gasteiger partial charge in [0, 0.05) is 17.6 Å². The van der Waals surface area contributed by atoms with Crippen LogP contribution in [0.2, 0.25) is 5.02 Å². The average Bonchev–Trinajstić information content (AvgIpc) is 2.46. The molecule has 3 nitrogen and oxygen atoms in total. The van der Waals surface area contributed by atoms with E-state index >= 15 is 0 Å². The van der Waals surface area contributed by atoms with Crippen LogP contribution in [0.1, 0.15) is 11.1 Å². The number of benzene rings is 2. The number of fused-ring (bicyclic) bond motifs is 1. The minimum atomic E-state index is -0.104. The number of aromatic nitrogens is 2. The summed E-state index contributed by atoms with van der Waals surface area (Å²) in [5.74, 6) is 0. The van der Waals surface area contributed by atoms with E-state index in [1.807, 2.05) is 38.1 Å². The van der Waals surface area contributed by atoms with Crippen molar-refractivity contribution in [1.82, 2.24) is 9.55 Å². The summed E-state index contributed by atoms with van der Waals surface area (Å²) in [7, 11) is 1.78. The van der Waals surface area contributed by atoms with Crippen molar-refractivity contribution in [2.75, 3.05) is 0 Å². The molecule has 3 aromatic rings. The van der Waals surface area contributed by atoms with Crippen molar-refractivity contribution in [3.63, 3.8) is 0 Å². The van der Waals surface area contributed by atoms with Gasteiger partial charge in [-0.3, -0.25) is 4.79 Å². The number of hydrogen-bond donors (Lipinski definition) is 0. The molecule has 0 spiro atoms. The molecule has 0 N–H and O–H groups in total. The minimum Gasteiger partial charge on any atom is -0.308 e. The van der Waals surface area contributed by atoms with Crippen molar-refractivity contribution in [3.05, 3.63) is 62.9 Å². The number of hydrogen-bond acceptors (Lipinski definition) is 2. The van der Waals surface area contributed by atoms with Gasteiger partial charge >= 0.3 is 0 Å². The molecule has 2 aromatic carbocycles. The number of aryl methyl sites for hydroxylation is 3. The molecule has 0 atom stereocenters. The van der Waals surface area contributed by atoms with Crippen LogP contribution < -0.4 is 5.56 Å². The van der Waals surface area contributed by atoms with Gasteiger partial charge in [0.25, 0.3) is 5.56 Å². The first-order valence-electron chi connectivity index (χ1n) is 6.71. The molecule has 0 unspecified atom stereocenters. The van der Waals surface area contributed by atoms with Crippen LogP contribution in [0.4, 0.5) is 0 Å². The molecule has 0 radical (unpaired) electrons. The Bertz CT molecular complexity index is 895. The van der Waals surface area contributed by atoms with Crippen molar-refractivity contribution >= 4 is 22.6 Å². The van der Waals surface area contributed by atoms with E-state index in [1.165, 1.54) is 0 Å². The van der Waals surface area contributed by atoms with Crippen molar-refractivity contribution < 1.29 is 0 Å². The predicted molar refractivity (Wildman–Crippen MR) is 86.9 cm³/mol. The molecule has 0 fully saturated rings. The zero-order chi connectivity index (χ0) is 15.1. The first-order valence-corrected chi connectivity index (χ1v) is 7.09. The Kier molecular flexibility index (Phi) is 3.30. The van der Waals surface area contributed by atoms with Crippen LogP contribution in [-0.4, -0.2) is 9.55 Å². The molecule has 106 valence electrons. The third-order valence-electron chi connectivity index (χ3n) is 3.81. The van der Waals surface area contributed by atoms with Crippen molar-refractivity contribution in [1.29, 1.82) is 0 Å². The summed E-state index contributed by atoms with van der Waals surface area (Å²) in [6.45, 7) is 4.08. The SMILES string of the molecule is Cc1cc2nc(-c3ccc(Cl)cc3)c(=O)n(C)c2cc1C. The van der Waals surface area contributed by atoms with Gasteiger partial charge in [-0.2, -0.15) is 0 Å². The number of rotatable bonds is 1. The van der Waals surface area contributed by atoms with E-state index in [2.05, 4.69) is 4.98 Å². The van der Waals surface area contributed by atoms with Gasteiger partial charge in [0.15, 0.2) is 0 Å². The second kappa shape index (κ2) is 5.01. The first-order chi connectivity index (χ1) is 9.97. The smallest absolute Gasteiger partial charge is 0.277 e. The van der Waals surface area contributed by atoms with E-state index < -0.39 is 0 Å². The lowest BCUT2D eigenvalue weighted by atomic mass is 10.1. The molecule has 1 aromatic heterocycles. The highest BCUT2D eigenvalue weighted by Crippen LogP contribution is 2.21. The summed E-state index contributed by atoms with van der Waals surface area (Å²) >= 11 is 5.90. The van der Waals surface area contributed by atoms with Crippen LogP contribution in [0.3, 0.4) is 0 Å². The van der Waals surface area contributed by atoms with Gasteiger partial charge in [0.05, 0.1) is 11.0 Å². The standard InChI is InChI=1S/C17H15ClN2O/c1-10-8-14-15(9-11(10)2)20(3)17(21)16(19-14)12-4-6-13(18)7-5-12/h4-9H,1-3H3. The van der Waals surface area contributed by atoms with Crippen LogP contribution in [0.15, 0.2) is 41.2 Å². The molecule has 0 aliphatic heterocycles. The predicted octanol–water partition coefficient (Wildman–Crippen LogP) is 3.87. The van der Waals surface area contributed by atoms with E-state index in [1.54, 1.807) is 23.7 Å². The van der Waals surface area contributed by atoms with E-state index in [4.69, 9.17) is 11.6 Å². The second-order valence-corrected chi connectivity index (χ2v) is 5.69. The summed E-state index contributed by atoms with van der Waals surface area (Å²) in [5, 5.41) is 0.642. The van der Waals surface area contributed by atoms with Crippen LogP contribution in [-0.2, 0) is 7.05 Å². The summed E-state index contributed by atoms with van der Waals surface area (Å²) in [5.41, 5.74) is 5.11. The van der Waals surface area contributed by atoms with E-state index in [9.17, 15) is 4.79 Å². The van der Waals surface area contributed by atoms with Gasteiger partial charge in [-0.1, -0.05) is 23.7 Å². The highest BCUT2D eigenvalue weighted by atomic mass is 35.5. The molecule has 3 rings (SSSR count). The van der Waals surface area contributed by atoms with E-state index in [0.29, 0.717) is 10.7 Å². The van der Waals surface area contributed by atoms with E-state index in [0.717, 1.165) is 27.7 Å². The zero-order valence-corrected chi connectivity index (χ0v) is 12.9. The van der Waals surface area contributed by atoms with Crippen molar-refractivity contribution in [3.8, 4) is 11.3 Å². The summed E-state index contributed by atoms with van der Waals surface area (Å²) in [6, 6.07) is 11.2. The molecule has 1 heterocycles. The van der Waals surface area contributed by atoms with Gasteiger partial charge in [0.1, 0.15) is 5.69 Å². The first kappa shape index (κ1) is 13.8. The van der Waals surface area contributed by atoms with Gasteiger partial charge in [0.2, 0.25) is 0 Å². The summed E-state index contributed by atoms with van der Waals surface area (Å²) in [4.78, 5) is 17.1. The molecule has 0 amide bonds. The zero-order valence-electron chi connectivity index (χ0n) is 12.1. The van der Waals surface area contributed by atoms with Gasteiger partial charge < -0.3 is 4.57 Å². The summed E-state index contributed by atoms with van der Waals surface area (Å²) in [6.07, 6.45) is 0. The number of halogens is 1. The molecule has 0 bridgehead atoms. The van der Waals surface area contributed by atoms with Crippen LogP contribution in [0, 0.1) is 13.8 Å². The van der Waals surface area contributed by atoms with Crippen LogP contribution in [0.5, 0.6) is 0 Å². The maximum absolute atomic E-state index is 12.5. The molecular formula is C17H15ClN2O. The molecular weight excluding hydrogens is 284 g/mol. The van der Waals surface area contributed by atoms with E-state index in [-0.39, 0.29) is 5.56 Å². The van der Waals surface area contributed by atoms with Crippen LogP contribution in [0.25, 0.3) is 22.3 Å². The normalized spacial score (nSPS) is 11.0. The lowest BCUT2D eigenvalue weighted by Crippen LogP contribution is -2.21. The molecule has 0 aliphatic rings. The maximum atomic E-state index is 12.5. The lowest BCUT2D eigenvalue weighted by Gasteiger charge is -2.10. The van der Waals surface area contributed by atoms with Crippen LogP contribution >= 0.6 is 11.6 Å². The quantitative estimate of drug-likeness (QED) is 0.683. The van der Waals surface area contributed by atoms with Gasteiger partial charge in [-0.05, 0) is 49.2 Å². The average molecular weight is 299 g/mol. The highest BCUT2D eigenvalue weighted by molar-refractivity contribution is 6.30. The molecule has 21 heavy (non-hydrogen) atoms. The minimum absolute atomic E-state index is 0.104. The third kappa shape index (κ3) is 2.34.